The fourth-order valence-electron chi connectivity index (χ4n) is 0.900. The highest BCUT2D eigenvalue weighted by atomic mass is 32.2. The minimum atomic E-state index is -4.19. The first-order valence-electron chi connectivity index (χ1n) is 3.53. The van der Waals surface area contributed by atoms with Crippen molar-refractivity contribution < 1.29 is 22.3 Å². The maximum absolute atomic E-state index is 12.2. The number of hydrogen-bond donors (Lipinski definition) is 3. The molecule has 0 aliphatic heterocycles. The fourth-order valence-corrected chi connectivity index (χ4v) is 1.50. The van der Waals surface area contributed by atoms with Crippen LogP contribution >= 0.6 is 0 Å². The summed E-state index contributed by atoms with van der Waals surface area (Å²) < 4.78 is 46.0. The summed E-state index contributed by atoms with van der Waals surface area (Å²) in [6, 6.07) is 0. The first-order chi connectivity index (χ1) is 6.75. The highest BCUT2D eigenvalue weighted by molar-refractivity contribution is 7.89. The van der Waals surface area contributed by atoms with E-state index in [4.69, 9.17) is 16.0 Å². The van der Waals surface area contributed by atoms with Gasteiger partial charge in [0, 0.05) is 6.20 Å². The van der Waals surface area contributed by atoms with Crippen molar-refractivity contribution in [1.29, 1.82) is 0 Å². The summed E-state index contributed by atoms with van der Waals surface area (Å²) in [5.41, 5.74) is 3.41. The molecule has 0 atom stereocenters. The van der Waals surface area contributed by atoms with E-state index in [9.17, 15) is 17.2 Å². The molecule has 0 aliphatic rings. The van der Waals surface area contributed by atoms with Crippen molar-refractivity contribution in [2.24, 2.45) is 5.14 Å². The van der Waals surface area contributed by atoms with Gasteiger partial charge < -0.3 is 10.8 Å². The number of primary sulfonamides is 1. The smallest absolute Gasteiger partial charge is 0.284 e. The predicted octanol–water partition coefficient (Wildman–Crippen LogP) is -0.0456. The number of alkyl halides is 2. The molecule has 0 bridgehead atoms. The van der Waals surface area contributed by atoms with Crippen molar-refractivity contribution in [2.75, 3.05) is 5.73 Å². The third kappa shape index (κ3) is 2.13. The van der Waals surface area contributed by atoms with Crippen LogP contribution in [0.25, 0.3) is 0 Å². The third-order valence-electron chi connectivity index (χ3n) is 1.60. The summed E-state index contributed by atoms with van der Waals surface area (Å²) in [5, 5.41) is 13.8. The monoisotopic (exact) mass is 239 g/mol. The molecule has 0 unspecified atom stereocenters. The van der Waals surface area contributed by atoms with Crippen LogP contribution in [0.4, 0.5) is 14.5 Å². The zero-order valence-corrected chi connectivity index (χ0v) is 8.00. The highest BCUT2D eigenvalue weighted by Crippen LogP contribution is 2.34. The Balaban J connectivity index is 3.48. The van der Waals surface area contributed by atoms with Crippen molar-refractivity contribution in [3.05, 3.63) is 11.9 Å². The second-order valence-electron chi connectivity index (χ2n) is 2.62. The van der Waals surface area contributed by atoms with Crippen LogP contribution in [0.3, 0.4) is 0 Å². The number of nitrogens with two attached hydrogens (primary N) is 2. The first-order valence-corrected chi connectivity index (χ1v) is 5.08. The van der Waals surface area contributed by atoms with Crippen LogP contribution in [0, 0.1) is 0 Å². The van der Waals surface area contributed by atoms with Gasteiger partial charge in [-0.15, -0.1) is 0 Å². The van der Waals surface area contributed by atoms with Gasteiger partial charge in [0.1, 0.15) is 4.90 Å². The molecule has 6 nitrogen and oxygen atoms in total. The molecule has 0 radical (unpaired) electrons. The van der Waals surface area contributed by atoms with E-state index in [0.29, 0.717) is 6.20 Å². The maximum atomic E-state index is 12.2. The van der Waals surface area contributed by atoms with Gasteiger partial charge >= 0.3 is 0 Å². The Morgan fingerprint density at radius 1 is 1.47 bits per heavy atom. The molecule has 0 aliphatic carbocycles. The summed E-state index contributed by atoms with van der Waals surface area (Å²) in [6.07, 6.45) is -2.48. The molecule has 5 N–H and O–H groups in total. The van der Waals surface area contributed by atoms with E-state index in [0.717, 1.165) is 0 Å². The molecule has 0 saturated carbocycles. The average molecular weight is 239 g/mol. The molecule has 0 spiro atoms. The van der Waals surface area contributed by atoms with Crippen LogP contribution in [0.15, 0.2) is 11.1 Å². The first kappa shape index (κ1) is 11.6. The highest BCUT2D eigenvalue weighted by Gasteiger charge is 2.23. The molecule has 0 amide bonds. The maximum Gasteiger partial charge on any atom is 0.284 e. The summed E-state index contributed by atoms with van der Waals surface area (Å²) in [6.45, 7) is 0. The van der Waals surface area contributed by atoms with Gasteiger partial charge in [-0.05, 0) is 0 Å². The van der Waals surface area contributed by atoms with Gasteiger partial charge in [0.25, 0.3) is 6.43 Å². The molecular formula is C6H7F2N3O3S. The largest absolute Gasteiger partial charge is 0.504 e. The summed E-state index contributed by atoms with van der Waals surface area (Å²) >= 11 is 0. The number of aromatic hydroxyl groups is 1. The number of nitrogens with zero attached hydrogens (tertiary/aromatic N) is 1. The van der Waals surface area contributed by atoms with Crippen LogP contribution in [-0.2, 0) is 10.0 Å². The van der Waals surface area contributed by atoms with Crippen LogP contribution in [0.5, 0.6) is 5.75 Å². The van der Waals surface area contributed by atoms with Crippen molar-refractivity contribution in [2.45, 2.75) is 11.3 Å². The van der Waals surface area contributed by atoms with E-state index in [-0.39, 0.29) is 0 Å². The number of rotatable bonds is 2. The number of halogens is 2. The number of nitrogen functional groups attached to an aromatic ring is 1. The van der Waals surface area contributed by atoms with Gasteiger partial charge in [-0.25, -0.2) is 27.3 Å². The molecule has 1 aromatic heterocycles. The number of hydrogen-bond acceptors (Lipinski definition) is 5. The Morgan fingerprint density at radius 2 is 2.00 bits per heavy atom. The van der Waals surface area contributed by atoms with E-state index in [1.54, 1.807) is 0 Å². The van der Waals surface area contributed by atoms with Gasteiger partial charge in [-0.2, -0.15) is 0 Å². The Labute approximate surface area is 83.6 Å². The van der Waals surface area contributed by atoms with Crippen LogP contribution in [-0.4, -0.2) is 18.5 Å². The normalized spacial score (nSPS) is 12.0. The Bertz CT molecular complexity index is 489. The molecule has 0 fully saturated rings. The van der Waals surface area contributed by atoms with Gasteiger partial charge in [-0.3, -0.25) is 0 Å². The van der Waals surface area contributed by atoms with E-state index >= 15 is 0 Å². The Kier molecular flexibility index (Phi) is 2.77. The van der Waals surface area contributed by atoms with Crippen molar-refractivity contribution in [3.63, 3.8) is 0 Å². The van der Waals surface area contributed by atoms with E-state index in [2.05, 4.69) is 4.98 Å². The standard InChI is InChI=1S/C6H7F2N3O3S/c7-6(8)4-5(12)3(9)2(1-11-4)15(10,13)14/h1,6,12H,(H2,9,11)(H2,10,13,14). The molecule has 1 rings (SSSR count). The Morgan fingerprint density at radius 3 is 2.40 bits per heavy atom. The molecule has 15 heavy (non-hydrogen) atoms. The second-order valence-corrected chi connectivity index (χ2v) is 4.15. The zero-order valence-electron chi connectivity index (χ0n) is 7.18. The van der Waals surface area contributed by atoms with E-state index < -0.39 is 38.5 Å². The molecule has 1 aromatic rings. The van der Waals surface area contributed by atoms with Crippen LogP contribution in [0.1, 0.15) is 12.1 Å². The minimum absolute atomic E-state index is 0.575. The van der Waals surface area contributed by atoms with Gasteiger partial charge in [0.05, 0.1) is 5.69 Å². The minimum Gasteiger partial charge on any atom is -0.504 e. The second kappa shape index (κ2) is 3.59. The quantitative estimate of drug-likeness (QED) is 0.668. The van der Waals surface area contributed by atoms with Crippen LogP contribution in [0.2, 0.25) is 0 Å². The number of sulfonamides is 1. The van der Waals surface area contributed by atoms with Crippen molar-refractivity contribution >= 4 is 15.7 Å². The lowest BCUT2D eigenvalue weighted by atomic mass is 10.3. The Hall–Kier alpha value is -1.48. The SMILES string of the molecule is Nc1c(S(N)(=O)=O)cnc(C(F)F)c1O. The average Bonchev–Trinajstić information content (AvgIpc) is 2.06. The third-order valence-corrected chi connectivity index (χ3v) is 2.54. The molecule has 0 saturated heterocycles. The molecule has 9 heteroatoms. The van der Waals surface area contributed by atoms with Gasteiger partial charge in [0.2, 0.25) is 10.0 Å². The number of aromatic nitrogens is 1. The summed E-state index contributed by atoms with van der Waals surface area (Å²) in [7, 11) is -4.19. The lowest BCUT2D eigenvalue weighted by Crippen LogP contribution is -2.15. The summed E-state index contributed by atoms with van der Waals surface area (Å²) in [4.78, 5) is 2.38. The molecule has 0 aromatic carbocycles. The number of anilines is 1. The van der Waals surface area contributed by atoms with Gasteiger partial charge in [0.15, 0.2) is 11.4 Å². The molecule has 1 heterocycles. The van der Waals surface area contributed by atoms with Crippen molar-refractivity contribution in [1.82, 2.24) is 4.98 Å². The predicted molar refractivity (Wildman–Crippen MR) is 46.6 cm³/mol. The molecular weight excluding hydrogens is 232 g/mol. The number of pyridine rings is 1. The molecule has 84 valence electrons. The van der Waals surface area contributed by atoms with Crippen molar-refractivity contribution in [3.8, 4) is 5.75 Å². The van der Waals surface area contributed by atoms with Gasteiger partial charge in [-0.1, -0.05) is 0 Å². The lowest BCUT2D eigenvalue weighted by molar-refractivity contribution is 0.142. The van der Waals surface area contributed by atoms with Crippen LogP contribution < -0.4 is 10.9 Å². The van der Waals surface area contributed by atoms with E-state index in [1.807, 2.05) is 0 Å². The fraction of sp³-hybridized carbons (Fsp3) is 0.167. The zero-order chi connectivity index (χ0) is 11.8. The summed E-state index contributed by atoms with van der Waals surface area (Å²) in [5.74, 6) is -1.07. The van der Waals surface area contributed by atoms with E-state index in [1.165, 1.54) is 0 Å². The lowest BCUT2D eigenvalue weighted by Gasteiger charge is -2.08. The topological polar surface area (TPSA) is 119 Å².